The maximum Gasteiger partial charge on any atom is 0.246 e. The van der Waals surface area contributed by atoms with Crippen molar-refractivity contribution in [1.29, 1.82) is 0 Å². The molecule has 24 heteroatoms. The summed E-state index contributed by atoms with van der Waals surface area (Å²) >= 11 is 0. The van der Waals surface area contributed by atoms with Crippen LogP contribution in [0, 0.1) is 5.92 Å². The van der Waals surface area contributed by atoms with Crippen molar-refractivity contribution >= 4 is 59.1 Å². The number of nitrogens with zero attached hydrogens (tertiary/aromatic N) is 1. The van der Waals surface area contributed by atoms with Crippen molar-refractivity contribution in [2.24, 2.45) is 11.7 Å². The number of hydrogen-bond acceptors (Lipinski definition) is 14. The Morgan fingerprint density at radius 3 is 1.63 bits per heavy atom. The summed E-state index contributed by atoms with van der Waals surface area (Å²) in [6, 6.07) is -0.261. The number of nitrogens with two attached hydrogens (primary N) is 1. The molecule has 2 heterocycles. The van der Waals surface area contributed by atoms with Crippen LogP contribution in [0.2, 0.25) is 0 Å². The summed E-state index contributed by atoms with van der Waals surface area (Å²) in [6.45, 7) is 5.77. The Labute approximate surface area is 410 Å². The number of amides is 10. The average molecular weight is 995 g/mol. The van der Waals surface area contributed by atoms with Crippen molar-refractivity contribution in [3.05, 3.63) is 65.7 Å². The molecule has 2 aliphatic heterocycles. The largest absolute Gasteiger partial charge is 0.508 e. The topological polar surface area (TPSA) is 377 Å². The number of benzene rings is 2. The van der Waals surface area contributed by atoms with E-state index in [4.69, 9.17) is 5.73 Å². The van der Waals surface area contributed by atoms with Gasteiger partial charge >= 0.3 is 0 Å². The lowest BCUT2D eigenvalue weighted by Crippen LogP contribution is -2.64. The van der Waals surface area contributed by atoms with E-state index in [2.05, 4.69) is 42.5 Å². The highest BCUT2D eigenvalue weighted by Gasteiger charge is 2.42. The zero-order chi connectivity index (χ0) is 52.7. The predicted octanol–water partition coefficient (Wildman–Crippen LogP) is -4.24. The monoisotopic (exact) mass is 994 g/mol. The van der Waals surface area contributed by atoms with E-state index in [1.807, 2.05) is 0 Å². The molecule has 2 aromatic carbocycles. The summed E-state index contributed by atoms with van der Waals surface area (Å²) in [6.07, 6.45) is -3.88. The molecule has 388 valence electrons. The van der Waals surface area contributed by atoms with Gasteiger partial charge < -0.3 is 73.6 Å². The Hall–Kier alpha value is -7.18. The lowest BCUT2D eigenvalue weighted by atomic mass is 9.97. The Balaban J connectivity index is 1.80. The highest BCUT2D eigenvalue weighted by Crippen LogP contribution is 2.21. The molecule has 2 aromatic rings. The van der Waals surface area contributed by atoms with Crippen LogP contribution in [0.4, 0.5) is 0 Å². The molecule has 0 aliphatic carbocycles. The molecule has 0 saturated carbocycles. The maximum atomic E-state index is 14.4. The van der Waals surface area contributed by atoms with Gasteiger partial charge in [-0.25, -0.2) is 0 Å². The number of carbonyl (C=O) groups excluding carboxylic acids is 10. The van der Waals surface area contributed by atoms with Crippen LogP contribution in [-0.4, -0.2) is 164 Å². The molecular weight excluding hydrogens is 929 g/mol. The fourth-order valence-electron chi connectivity index (χ4n) is 7.96. The number of aromatic hydroxyl groups is 1. The smallest absolute Gasteiger partial charge is 0.246 e. The van der Waals surface area contributed by atoms with E-state index in [-0.39, 0.29) is 38.0 Å². The number of hydrogen-bond donors (Lipinski definition) is 13. The molecule has 0 spiro atoms. The SMILES string of the molecule is CC[C@@H](C)[C@@H]1NC(=O)[C@H](CO)NC(=O)[C@H]([C@@H](C)O)NC(=O)[C@H]([C@@H](C)O)NC(=O)[C@H](Cc2ccccc2)NC(=O)[C@@H]2CCCN2C(=O)[C@H](CC(N)=O)NC(=O)[C@H](Cc2ccc(O)cc2)NC(=O)[C@H](C)NC1=O. The number of rotatable bonds is 11. The van der Waals surface area contributed by atoms with E-state index in [0.717, 1.165) is 18.7 Å². The lowest BCUT2D eigenvalue weighted by molar-refractivity contribution is -0.143. The van der Waals surface area contributed by atoms with Crippen LogP contribution in [0.15, 0.2) is 54.6 Å². The third-order valence-electron chi connectivity index (χ3n) is 12.3. The molecule has 12 atom stereocenters. The van der Waals surface area contributed by atoms with Crippen LogP contribution in [0.5, 0.6) is 5.75 Å². The summed E-state index contributed by atoms with van der Waals surface area (Å²) in [5.74, 6) is -10.8. The van der Waals surface area contributed by atoms with Gasteiger partial charge in [-0.05, 0) is 62.8 Å². The van der Waals surface area contributed by atoms with E-state index < -0.39 is 145 Å². The van der Waals surface area contributed by atoms with Gasteiger partial charge in [-0.2, -0.15) is 0 Å². The Morgan fingerprint density at radius 2 is 1.08 bits per heavy atom. The standard InChI is InChI=1S/C47H66N10O14/c1-6-23(2)36-44(68)49-24(3)39(63)50-30(20-28-14-16-29(61)17-15-28)40(64)52-32(21-35(48)62)47(71)57-18-10-13-34(57)43(67)51-31(19-27-11-8-7-9-12-27)41(65)55-38(26(5)60)46(70)56-37(25(4)59)45(69)53-33(22-58)42(66)54-36/h7-9,11-12,14-17,23-26,30-34,36-38,58-61H,6,10,13,18-22H2,1-5H3,(H2,48,62)(H,49,68)(H,50,63)(H,51,67)(H,52,64)(H,53,69)(H,54,66)(H,55,65)(H,56,70)/t23-,24+,25-,26-,30+,31+,32+,33+,34+,36+,37+,38+/m1/s1. The molecule has 0 unspecified atom stereocenters. The zero-order valence-corrected chi connectivity index (χ0v) is 40.2. The Bertz CT molecular complexity index is 2250. The van der Waals surface area contributed by atoms with Crippen molar-refractivity contribution in [3.8, 4) is 5.75 Å². The number of aliphatic hydroxyl groups is 3. The first-order valence-corrected chi connectivity index (χ1v) is 23.4. The zero-order valence-electron chi connectivity index (χ0n) is 40.2. The van der Waals surface area contributed by atoms with E-state index >= 15 is 0 Å². The summed E-state index contributed by atoms with van der Waals surface area (Å²) < 4.78 is 0. The van der Waals surface area contributed by atoms with E-state index in [1.54, 1.807) is 44.2 Å². The minimum atomic E-state index is -1.86. The van der Waals surface area contributed by atoms with Crippen LogP contribution in [0.3, 0.4) is 0 Å². The highest BCUT2D eigenvalue weighted by atomic mass is 16.3. The van der Waals surface area contributed by atoms with Gasteiger partial charge in [0.05, 0.1) is 25.2 Å². The van der Waals surface area contributed by atoms with E-state index in [0.29, 0.717) is 17.5 Å². The van der Waals surface area contributed by atoms with Crippen LogP contribution in [-0.2, 0) is 60.8 Å². The normalized spacial score (nSPS) is 27.4. The van der Waals surface area contributed by atoms with Crippen LogP contribution < -0.4 is 48.3 Å². The van der Waals surface area contributed by atoms with Gasteiger partial charge in [0.15, 0.2) is 0 Å². The first kappa shape index (κ1) is 56.4. The first-order valence-electron chi connectivity index (χ1n) is 23.4. The van der Waals surface area contributed by atoms with Gasteiger partial charge in [-0.1, -0.05) is 62.7 Å². The Kier molecular flexibility index (Phi) is 20.8. The number of aliphatic hydroxyl groups excluding tert-OH is 3. The van der Waals surface area contributed by atoms with Crippen molar-refractivity contribution in [2.45, 2.75) is 140 Å². The van der Waals surface area contributed by atoms with Crippen molar-refractivity contribution in [1.82, 2.24) is 47.4 Å². The van der Waals surface area contributed by atoms with Crippen molar-refractivity contribution < 1.29 is 68.4 Å². The van der Waals surface area contributed by atoms with Crippen molar-refractivity contribution in [3.63, 3.8) is 0 Å². The minimum Gasteiger partial charge on any atom is -0.508 e. The van der Waals surface area contributed by atoms with Crippen LogP contribution in [0.1, 0.15) is 71.4 Å². The number of fused-ring (bicyclic) bond motifs is 1. The fourth-order valence-corrected chi connectivity index (χ4v) is 7.96. The highest BCUT2D eigenvalue weighted by molar-refractivity contribution is 6.00. The third-order valence-corrected chi connectivity index (χ3v) is 12.3. The Morgan fingerprint density at radius 1 is 0.620 bits per heavy atom. The van der Waals surface area contributed by atoms with E-state index in [9.17, 15) is 68.4 Å². The minimum absolute atomic E-state index is 0.0398. The van der Waals surface area contributed by atoms with Gasteiger partial charge in [0.25, 0.3) is 0 Å². The lowest BCUT2D eigenvalue weighted by Gasteiger charge is -2.31. The average Bonchev–Trinajstić information content (AvgIpc) is 3.82. The van der Waals surface area contributed by atoms with Crippen LogP contribution in [0.25, 0.3) is 0 Å². The molecule has 2 fully saturated rings. The number of carbonyl (C=O) groups is 10. The van der Waals surface area contributed by atoms with Gasteiger partial charge in [0.2, 0.25) is 59.1 Å². The number of phenolic OH excluding ortho intramolecular Hbond substituents is 1. The van der Waals surface area contributed by atoms with Crippen LogP contribution >= 0.6 is 0 Å². The van der Waals surface area contributed by atoms with Gasteiger partial charge in [0.1, 0.15) is 60.1 Å². The molecule has 0 bridgehead atoms. The molecule has 71 heavy (non-hydrogen) atoms. The maximum absolute atomic E-state index is 14.4. The molecule has 24 nitrogen and oxygen atoms in total. The second-order valence-corrected chi connectivity index (χ2v) is 17.9. The molecule has 0 radical (unpaired) electrons. The second-order valence-electron chi connectivity index (χ2n) is 17.9. The molecule has 0 aromatic heterocycles. The predicted molar refractivity (Wildman–Crippen MR) is 252 cm³/mol. The van der Waals surface area contributed by atoms with Gasteiger partial charge in [-0.15, -0.1) is 0 Å². The van der Waals surface area contributed by atoms with E-state index in [1.165, 1.54) is 31.2 Å². The third kappa shape index (κ3) is 15.9. The summed E-state index contributed by atoms with van der Waals surface area (Å²) in [7, 11) is 0. The van der Waals surface area contributed by atoms with Gasteiger partial charge in [0, 0.05) is 19.4 Å². The van der Waals surface area contributed by atoms with Crippen molar-refractivity contribution in [2.75, 3.05) is 13.2 Å². The molecule has 14 N–H and O–H groups in total. The number of nitrogens with one attached hydrogen (secondary N) is 8. The quantitative estimate of drug-likeness (QED) is 0.102. The number of primary amides is 1. The number of phenols is 1. The summed E-state index contributed by atoms with van der Waals surface area (Å²) in [5.41, 5.74) is 6.52. The first-order chi connectivity index (χ1) is 33.5. The molecule has 10 amide bonds. The summed E-state index contributed by atoms with van der Waals surface area (Å²) in [4.78, 5) is 139. The van der Waals surface area contributed by atoms with Gasteiger partial charge in [-0.3, -0.25) is 47.9 Å². The molecule has 2 saturated heterocycles. The molecular formula is C47H66N10O14. The second kappa shape index (κ2) is 26.1. The molecule has 2 aliphatic rings. The molecule has 4 rings (SSSR count). The summed E-state index contributed by atoms with van der Waals surface area (Å²) in [5, 5.41) is 61.1. The fraction of sp³-hybridized carbons (Fsp3) is 0.532.